The number of unbranched alkanes of at least 4 members (excludes halogenated alkanes) is 2. The maximum atomic E-state index is 12.8. The van der Waals surface area contributed by atoms with Crippen LogP contribution in [0.15, 0.2) is 0 Å². The van der Waals surface area contributed by atoms with Crippen LogP contribution in [-0.2, 0) is 24.0 Å². The molecule has 0 unspecified atom stereocenters. The van der Waals surface area contributed by atoms with E-state index in [1.807, 2.05) is 13.8 Å². The molecule has 0 radical (unpaired) electrons. The van der Waals surface area contributed by atoms with Crippen LogP contribution in [0.25, 0.3) is 0 Å². The summed E-state index contributed by atoms with van der Waals surface area (Å²) in [6, 6.07) is -3.77. The lowest BCUT2D eigenvalue weighted by molar-refractivity contribution is -0.142. The number of aliphatic carboxylic acids is 1. The predicted octanol–water partition coefficient (Wildman–Crippen LogP) is -1.07. The summed E-state index contributed by atoms with van der Waals surface area (Å²) in [5, 5.41) is 19.6. The van der Waals surface area contributed by atoms with Gasteiger partial charge in [-0.3, -0.25) is 19.2 Å². The molecule has 0 aliphatic carbocycles. The first-order valence-electron chi connectivity index (χ1n) is 13.4. The average Bonchev–Trinajstić information content (AvgIpc) is 2.84. The van der Waals surface area contributed by atoms with Crippen molar-refractivity contribution in [2.75, 3.05) is 19.6 Å². The van der Waals surface area contributed by atoms with Gasteiger partial charge in [0.1, 0.15) is 18.1 Å². The second-order valence-corrected chi connectivity index (χ2v) is 10.3. The Balaban J connectivity index is 5.06. The predicted molar refractivity (Wildman–Crippen MR) is 145 cm³/mol. The fraction of sp³-hybridized carbons (Fsp3) is 0.800. The van der Waals surface area contributed by atoms with Crippen molar-refractivity contribution in [2.24, 2.45) is 29.0 Å². The third-order valence-corrected chi connectivity index (χ3v) is 5.90. The van der Waals surface area contributed by atoms with E-state index in [1.165, 1.54) is 0 Å². The highest BCUT2D eigenvalue weighted by molar-refractivity contribution is 5.94. The van der Waals surface area contributed by atoms with Gasteiger partial charge in [-0.1, -0.05) is 34.1 Å². The average molecular weight is 544 g/mol. The Morgan fingerprint density at radius 1 is 0.737 bits per heavy atom. The zero-order chi connectivity index (χ0) is 29.3. The molecule has 0 bridgehead atoms. The Labute approximate surface area is 225 Å². The van der Waals surface area contributed by atoms with Crippen LogP contribution in [0.1, 0.15) is 72.6 Å². The van der Waals surface area contributed by atoms with Crippen LogP contribution < -0.4 is 38.5 Å². The van der Waals surface area contributed by atoms with Crippen LogP contribution in [0.4, 0.5) is 0 Å². The van der Waals surface area contributed by atoms with Gasteiger partial charge in [-0.2, -0.15) is 0 Å². The van der Waals surface area contributed by atoms with Crippen LogP contribution >= 0.6 is 0 Å². The first-order valence-corrected chi connectivity index (χ1v) is 13.4. The minimum absolute atomic E-state index is 0.0781. The van der Waals surface area contributed by atoms with Crippen molar-refractivity contribution in [2.45, 2.75) is 96.8 Å². The lowest BCUT2D eigenvalue weighted by atomic mass is 10.0. The highest BCUT2D eigenvalue weighted by Gasteiger charge is 2.29. The number of hydrogen-bond donors (Lipinski definition) is 8. The zero-order valence-corrected chi connectivity index (χ0v) is 23.3. The molecule has 4 amide bonds. The minimum atomic E-state index is -1.17. The Bertz CT molecular complexity index is 762. The van der Waals surface area contributed by atoms with Crippen LogP contribution in [0.5, 0.6) is 0 Å². The number of carboxylic acids is 1. The number of rotatable bonds is 20. The molecule has 0 aliphatic heterocycles. The van der Waals surface area contributed by atoms with Crippen LogP contribution in [0, 0.1) is 11.8 Å². The molecule has 0 heterocycles. The van der Waals surface area contributed by atoms with E-state index in [-0.39, 0.29) is 18.3 Å². The van der Waals surface area contributed by atoms with E-state index in [9.17, 15) is 29.1 Å². The lowest BCUT2D eigenvalue weighted by Crippen LogP contribution is -2.56. The Morgan fingerprint density at radius 2 is 1.29 bits per heavy atom. The molecule has 0 fully saturated rings. The fourth-order valence-electron chi connectivity index (χ4n) is 3.68. The number of carbonyl (C=O) groups excluding carboxylic acids is 4. The summed E-state index contributed by atoms with van der Waals surface area (Å²) in [6.45, 7) is 7.69. The molecule has 0 aromatic rings. The molecule has 0 saturated heterocycles. The molecule has 0 rings (SSSR count). The van der Waals surface area contributed by atoms with Gasteiger partial charge in [-0.15, -0.1) is 0 Å². The van der Waals surface area contributed by atoms with Gasteiger partial charge in [0.25, 0.3) is 0 Å². The topological polar surface area (TPSA) is 232 Å². The molecule has 4 atom stereocenters. The Kier molecular flexibility index (Phi) is 17.9. The van der Waals surface area contributed by atoms with Crippen LogP contribution in [0.3, 0.4) is 0 Å². The van der Waals surface area contributed by atoms with E-state index in [0.717, 1.165) is 6.42 Å². The van der Waals surface area contributed by atoms with E-state index in [4.69, 9.17) is 17.2 Å². The molecule has 13 nitrogen and oxygen atoms in total. The van der Waals surface area contributed by atoms with Gasteiger partial charge in [0, 0.05) is 0 Å². The molecule has 0 aliphatic rings. The van der Waals surface area contributed by atoms with E-state index in [2.05, 4.69) is 21.3 Å². The molecular weight excluding hydrogens is 494 g/mol. The zero-order valence-electron chi connectivity index (χ0n) is 23.3. The third-order valence-electron chi connectivity index (χ3n) is 5.90. The van der Waals surface area contributed by atoms with Crippen molar-refractivity contribution in [3.63, 3.8) is 0 Å². The number of carboxylic acid groups (broad SMARTS) is 1. The maximum absolute atomic E-state index is 12.8. The molecule has 0 spiro atoms. The summed E-state index contributed by atoms with van der Waals surface area (Å²) in [5.41, 5.74) is 16.8. The first kappa shape index (κ1) is 35.2. The number of amides is 4. The Morgan fingerprint density at radius 3 is 1.79 bits per heavy atom. The van der Waals surface area contributed by atoms with Gasteiger partial charge in [0.15, 0.2) is 0 Å². The fourth-order valence-corrected chi connectivity index (χ4v) is 3.68. The van der Waals surface area contributed by atoms with Crippen molar-refractivity contribution in [3.8, 4) is 0 Å². The van der Waals surface area contributed by atoms with Gasteiger partial charge in [-0.05, 0) is 63.5 Å². The first-order chi connectivity index (χ1) is 17.8. The molecule has 38 heavy (non-hydrogen) atoms. The molecule has 11 N–H and O–H groups in total. The number of nitrogens with two attached hydrogens (primary N) is 3. The van der Waals surface area contributed by atoms with Crippen molar-refractivity contribution < 1.29 is 29.1 Å². The largest absolute Gasteiger partial charge is 0.480 e. The standard InChI is InChI=1S/C25H49N7O6/c1-15(2)13-19(31-22(34)17(28)9-5-7-11-26)23(35)29-14-20(33)32-21(16(3)4)24(36)30-18(25(37)38)10-6-8-12-27/h15-19,21H,5-14,26-28H2,1-4H3,(H,29,35)(H,30,36)(H,31,34)(H,32,33)(H,37,38)/t17-,18-,19-,21-/m0/s1. The normalized spacial score (nSPS) is 14.3. The van der Waals surface area contributed by atoms with Crippen molar-refractivity contribution in [1.29, 1.82) is 0 Å². The van der Waals surface area contributed by atoms with Crippen LogP contribution in [-0.4, -0.2) is 78.5 Å². The minimum Gasteiger partial charge on any atom is -0.480 e. The maximum Gasteiger partial charge on any atom is 0.326 e. The molecule has 13 heteroatoms. The molecule has 0 aromatic heterocycles. The molecular formula is C25H49N7O6. The van der Waals surface area contributed by atoms with Crippen molar-refractivity contribution >= 4 is 29.6 Å². The van der Waals surface area contributed by atoms with Gasteiger partial charge in [0.05, 0.1) is 12.6 Å². The molecule has 0 saturated carbocycles. The quantitative estimate of drug-likeness (QED) is 0.0872. The van der Waals surface area contributed by atoms with E-state index < -0.39 is 60.3 Å². The number of carbonyl (C=O) groups is 5. The van der Waals surface area contributed by atoms with Gasteiger partial charge >= 0.3 is 5.97 Å². The van der Waals surface area contributed by atoms with E-state index in [1.54, 1.807) is 13.8 Å². The second kappa shape index (κ2) is 19.3. The highest BCUT2D eigenvalue weighted by atomic mass is 16.4. The second-order valence-electron chi connectivity index (χ2n) is 10.3. The summed E-state index contributed by atoms with van der Waals surface area (Å²) in [7, 11) is 0. The SMILES string of the molecule is CC(C)C[C@H](NC(=O)[C@@H](N)CCCCN)C(=O)NCC(=O)N[C@H](C(=O)N[C@@H](CCCCN)C(=O)O)C(C)C. The van der Waals surface area contributed by atoms with Crippen molar-refractivity contribution in [3.05, 3.63) is 0 Å². The highest BCUT2D eigenvalue weighted by Crippen LogP contribution is 2.08. The number of nitrogens with one attached hydrogen (secondary N) is 4. The Hall–Kier alpha value is -2.77. The lowest BCUT2D eigenvalue weighted by Gasteiger charge is -2.25. The summed E-state index contributed by atoms with van der Waals surface area (Å²) >= 11 is 0. The summed E-state index contributed by atoms with van der Waals surface area (Å²) in [4.78, 5) is 62.1. The van der Waals surface area contributed by atoms with Crippen molar-refractivity contribution in [1.82, 2.24) is 21.3 Å². The number of hydrogen-bond acceptors (Lipinski definition) is 8. The smallest absolute Gasteiger partial charge is 0.326 e. The monoisotopic (exact) mass is 543 g/mol. The van der Waals surface area contributed by atoms with Crippen LogP contribution in [0.2, 0.25) is 0 Å². The summed E-state index contributed by atoms with van der Waals surface area (Å²) < 4.78 is 0. The van der Waals surface area contributed by atoms with E-state index in [0.29, 0.717) is 45.2 Å². The third kappa shape index (κ3) is 14.8. The molecule has 220 valence electrons. The summed E-state index contributed by atoms with van der Waals surface area (Å²) in [6.07, 6.45) is 3.59. The van der Waals surface area contributed by atoms with Gasteiger partial charge in [0.2, 0.25) is 23.6 Å². The summed E-state index contributed by atoms with van der Waals surface area (Å²) in [5.74, 6) is -3.70. The van der Waals surface area contributed by atoms with Gasteiger partial charge in [-0.25, -0.2) is 4.79 Å². The molecule has 0 aromatic carbocycles. The van der Waals surface area contributed by atoms with Gasteiger partial charge < -0.3 is 43.6 Å². The van der Waals surface area contributed by atoms with E-state index >= 15 is 0 Å².